The van der Waals surface area contributed by atoms with E-state index in [-0.39, 0.29) is 0 Å². The molecule has 0 aliphatic rings. The van der Waals surface area contributed by atoms with Crippen molar-refractivity contribution in [3.8, 4) is 5.75 Å². The van der Waals surface area contributed by atoms with Crippen molar-refractivity contribution in [1.29, 1.82) is 0 Å². The van der Waals surface area contributed by atoms with E-state index in [4.69, 9.17) is 4.74 Å². The normalized spacial score (nSPS) is 9.82. The van der Waals surface area contributed by atoms with E-state index in [9.17, 15) is 4.79 Å². The fraction of sp³-hybridized carbons (Fsp3) is 0.357. The Hall–Kier alpha value is -1.77. The van der Waals surface area contributed by atoms with Crippen molar-refractivity contribution < 1.29 is 9.53 Å². The van der Waals surface area contributed by atoms with Gasteiger partial charge in [0, 0.05) is 30.4 Å². The van der Waals surface area contributed by atoms with E-state index >= 15 is 0 Å². The first-order valence-corrected chi connectivity index (χ1v) is 5.79. The molecule has 3 nitrogen and oxygen atoms in total. The van der Waals surface area contributed by atoms with Gasteiger partial charge in [0.2, 0.25) is 0 Å². The number of hydrogen-bond donors (Lipinski definition) is 0. The predicted molar refractivity (Wildman–Crippen MR) is 71.4 cm³/mol. The maximum Gasteiger partial charge on any atom is 0.298 e. The van der Waals surface area contributed by atoms with Crippen LogP contribution in [0.15, 0.2) is 24.8 Å². The molecule has 0 unspecified atom stereocenters. The van der Waals surface area contributed by atoms with Gasteiger partial charge in [-0.15, -0.1) is 0 Å². The third-order valence-corrected chi connectivity index (χ3v) is 2.73. The highest BCUT2D eigenvalue weighted by atomic mass is 16.5. The lowest BCUT2D eigenvalue weighted by molar-refractivity contribution is -0.120. The molecular formula is C14H19NO2. The monoisotopic (exact) mass is 233 g/mol. The number of benzene rings is 1. The number of anilines is 1. The molecule has 0 aliphatic carbocycles. The Labute approximate surface area is 103 Å². The molecule has 1 rings (SSSR count). The molecule has 3 heteroatoms. The molecule has 0 heterocycles. The summed E-state index contributed by atoms with van der Waals surface area (Å²) < 4.78 is 5.01. The second kappa shape index (κ2) is 6.09. The van der Waals surface area contributed by atoms with Crippen molar-refractivity contribution in [3.05, 3.63) is 30.3 Å². The van der Waals surface area contributed by atoms with Gasteiger partial charge in [0.25, 0.3) is 6.47 Å². The van der Waals surface area contributed by atoms with Crippen LogP contribution in [0.5, 0.6) is 5.75 Å². The Morgan fingerprint density at radius 1 is 1.41 bits per heavy atom. The molecule has 1 aromatic rings. The fourth-order valence-corrected chi connectivity index (χ4v) is 1.80. The number of carbonyl (C=O) groups is 1. The Morgan fingerprint density at radius 2 is 2.06 bits per heavy atom. The molecule has 0 N–H and O–H groups in total. The van der Waals surface area contributed by atoms with E-state index < -0.39 is 0 Å². The van der Waals surface area contributed by atoms with Gasteiger partial charge in [-0.05, 0) is 38.5 Å². The van der Waals surface area contributed by atoms with E-state index in [1.165, 1.54) is 0 Å². The molecule has 17 heavy (non-hydrogen) atoms. The van der Waals surface area contributed by atoms with Gasteiger partial charge in [-0.25, -0.2) is 0 Å². The third-order valence-electron chi connectivity index (χ3n) is 2.73. The van der Waals surface area contributed by atoms with Crippen molar-refractivity contribution in [1.82, 2.24) is 0 Å². The SMILES string of the molecule is C=C(C)c1ccc(N(CC)CC)cc1OC=O. The van der Waals surface area contributed by atoms with Crippen LogP contribution in [0.25, 0.3) is 5.57 Å². The molecule has 0 bridgehead atoms. The van der Waals surface area contributed by atoms with Gasteiger partial charge in [-0.1, -0.05) is 6.58 Å². The highest BCUT2D eigenvalue weighted by Gasteiger charge is 2.09. The van der Waals surface area contributed by atoms with Crippen LogP contribution in [-0.4, -0.2) is 19.6 Å². The maximum atomic E-state index is 10.5. The lowest BCUT2D eigenvalue weighted by Gasteiger charge is -2.22. The number of carbonyl (C=O) groups excluding carboxylic acids is 1. The first-order valence-electron chi connectivity index (χ1n) is 5.79. The molecule has 0 amide bonds. The summed E-state index contributed by atoms with van der Waals surface area (Å²) in [4.78, 5) is 12.7. The van der Waals surface area contributed by atoms with E-state index in [2.05, 4.69) is 25.3 Å². The van der Waals surface area contributed by atoms with Crippen molar-refractivity contribution in [2.75, 3.05) is 18.0 Å². The maximum absolute atomic E-state index is 10.5. The molecular weight excluding hydrogens is 214 g/mol. The average Bonchev–Trinajstić information content (AvgIpc) is 2.31. The van der Waals surface area contributed by atoms with Crippen LogP contribution >= 0.6 is 0 Å². The highest BCUT2D eigenvalue weighted by molar-refractivity contribution is 5.72. The van der Waals surface area contributed by atoms with Crippen molar-refractivity contribution in [2.24, 2.45) is 0 Å². The highest BCUT2D eigenvalue weighted by Crippen LogP contribution is 2.29. The summed E-state index contributed by atoms with van der Waals surface area (Å²) in [7, 11) is 0. The van der Waals surface area contributed by atoms with Crippen molar-refractivity contribution in [2.45, 2.75) is 20.8 Å². The van der Waals surface area contributed by atoms with Crippen LogP contribution in [0.4, 0.5) is 5.69 Å². The summed E-state index contributed by atoms with van der Waals surface area (Å²) in [6.07, 6.45) is 0. The standard InChI is InChI=1S/C14H19NO2/c1-5-15(6-2)12-7-8-13(11(3)4)14(9-12)17-10-16/h7-10H,3,5-6H2,1-2,4H3. The minimum Gasteiger partial charge on any atom is -0.428 e. The van der Waals surface area contributed by atoms with Gasteiger partial charge in [0.05, 0.1) is 0 Å². The van der Waals surface area contributed by atoms with E-state index in [1.807, 2.05) is 25.1 Å². The lowest BCUT2D eigenvalue weighted by Crippen LogP contribution is -2.21. The number of rotatable bonds is 6. The van der Waals surface area contributed by atoms with Crippen LogP contribution in [0, 0.1) is 0 Å². The fourth-order valence-electron chi connectivity index (χ4n) is 1.80. The van der Waals surface area contributed by atoms with Gasteiger partial charge in [0.15, 0.2) is 0 Å². The second-order valence-electron chi connectivity index (χ2n) is 3.85. The summed E-state index contributed by atoms with van der Waals surface area (Å²) in [5, 5.41) is 0. The summed E-state index contributed by atoms with van der Waals surface area (Å²) >= 11 is 0. The Balaban J connectivity index is 3.16. The number of ether oxygens (including phenoxy) is 1. The average molecular weight is 233 g/mol. The van der Waals surface area contributed by atoms with Crippen molar-refractivity contribution in [3.63, 3.8) is 0 Å². The van der Waals surface area contributed by atoms with Crippen LogP contribution in [-0.2, 0) is 4.79 Å². The van der Waals surface area contributed by atoms with E-state index in [1.54, 1.807) is 0 Å². The molecule has 0 fully saturated rings. The molecule has 1 aromatic carbocycles. The van der Waals surface area contributed by atoms with Crippen LogP contribution in [0.2, 0.25) is 0 Å². The zero-order valence-electron chi connectivity index (χ0n) is 10.7. The van der Waals surface area contributed by atoms with Gasteiger partial charge in [0.1, 0.15) is 5.75 Å². The van der Waals surface area contributed by atoms with Crippen LogP contribution in [0.1, 0.15) is 26.3 Å². The summed E-state index contributed by atoms with van der Waals surface area (Å²) in [5.41, 5.74) is 2.80. The number of allylic oxidation sites excluding steroid dienone is 1. The van der Waals surface area contributed by atoms with Crippen LogP contribution in [0.3, 0.4) is 0 Å². The molecule has 0 aromatic heterocycles. The molecule has 0 radical (unpaired) electrons. The molecule has 0 saturated heterocycles. The molecule has 0 atom stereocenters. The molecule has 0 saturated carbocycles. The minimum atomic E-state index is 0.452. The molecule has 92 valence electrons. The number of hydrogen-bond acceptors (Lipinski definition) is 3. The second-order valence-corrected chi connectivity index (χ2v) is 3.85. The zero-order valence-corrected chi connectivity index (χ0v) is 10.7. The van der Waals surface area contributed by atoms with Gasteiger partial charge in [-0.2, -0.15) is 0 Å². The van der Waals surface area contributed by atoms with Gasteiger partial charge in [-0.3, -0.25) is 4.79 Å². The minimum absolute atomic E-state index is 0.452. The van der Waals surface area contributed by atoms with Gasteiger partial charge < -0.3 is 9.64 Å². The number of nitrogens with zero attached hydrogens (tertiary/aromatic N) is 1. The summed E-state index contributed by atoms with van der Waals surface area (Å²) in [5.74, 6) is 0.567. The topological polar surface area (TPSA) is 29.5 Å². The third kappa shape index (κ3) is 3.09. The Kier molecular flexibility index (Phi) is 4.76. The quantitative estimate of drug-likeness (QED) is 0.707. The largest absolute Gasteiger partial charge is 0.428 e. The van der Waals surface area contributed by atoms with E-state index in [0.29, 0.717) is 12.2 Å². The Bertz CT molecular complexity index is 409. The van der Waals surface area contributed by atoms with Crippen LogP contribution < -0.4 is 9.64 Å². The summed E-state index contributed by atoms with van der Waals surface area (Å²) in [6.45, 7) is 12.2. The van der Waals surface area contributed by atoms with Crippen molar-refractivity contribution >= 4 is 17.7 Å². The molecule has 0 spiro atoms. The Morgan fingerprint density at radius 3 is 2.53 bits per heavy atom. The first-order chi connectivity index (χ1) is 8.13. The predicted octanol–water partition coefficient (Wildman–Crippen LogP) is 3.10. The summed E-state index contributed by atoms with van der Waals surface area (Å²) in [6, 6.07) is 5.84. The lowest BCUT2D eigenvalue weighted by atomic mass is 10.1. The zero-order chi connectivity index (χ0) is 12.8. The van der Waals surface area contributed by atoms with Gasteiger partial charge >= 0.3 is 0 Å². The smallest absolute Gasteiger partial charge is 0.298 e. The van der Waals surface area contributed by atoms with E-state index in [0.717, 1.165) is 29.9 Å². The molecule has 0 aliphatic heterocycles. The first kappa shape index (κ1) is 13.3.